The molecule has 1 aliphatic rings. The zero-order valence-electron chi connectivity index (χ0n) is 14.9. The highest BCUT2D eigenvalue weighted by Gasteiger charge is 2.17. The molecule has 1 N–H and O–H groups in total. The van der Waals surface area contributed by atoms with Gasteiger partial charge in [0.2, 0.25) is 5.91 Å². The Labute approximate surface area is 154 Å². The Hall–Kier alpha value is -3.23. The predicted octanol–water partition coefficient (Wildman–Crippen LogP) is 1.58. The Morgan fingerprint density at radius 3 is 2.78 bits per heavy atom. The molecule has 8 nitrogen and oxygen atoms in total. The number of aryl methyl sites for hydroxylation is 1. The summed E-state index contributed by atoms with van der Waals surface area (Å²) in [6.45, 7) is 3.23. The lowest BCUT2D eigenvalue weighted by molar-refractivity contribution is -0.117. The summed E-state index contributed by atoms with van der Waals surface area (Å²) in [7, 11) is 0. The molecule has 1 fully saturated rings. The van der Waals surface area contributed by atoms with Gasteiger partial charge in [0.25, 0.3) is 5.78 Å². The highest BCUT2D eigenvalue weighted by molar-refractivity contribution is 5.90. The van der Waals surface area contributed by atoms with Gasteiger partial charge in [-0.15, -0.1) is 5.10 Å². The topological polar surface area (TPSA) is 84.5 Å². The van der Waals surface area contributed by atoms with Crippen molar-refractivity contribution >= 4 is 23.2 Å². The van der Waals surface area contributed by atoms with Crippen molar-refractivity contribution in [2.45, 2.75) is 26.3 Å². The SMILES string of the molecule is Cc1ccc(NC(=O)Cn2nc3nc(N4CCCC4)ccn3c2=O)cc1F. The molecular weight excluding hydrogens is 351 g/mol. The van der Waals surface area contributed by atoms with Gasteiger partial charge in [-0.3, -0.25) is 4.79 Å². The van der Waals surface area contributed by atoms with E-state index in [1.54, 1.807) is 31.3 Å². The second kappa shape index (κ2) is 6.82. The van der Waals surface area contributed by atoms with E-state index in [-0.39, 0.29) is 12.3 Å². The molecule has 1 aliphatic heterocycles. The Bertz CT molecular complexity index is 1070. The van der Waals surface area contributed by atoms with Crippen LogP contribution in [0.4, 0.5) is 15.9 Å². The predicted molar refractivity (Wildman–Crippen MR) is 98.5 cm³/mol. The Kier molecular flexibility index (Phi) is 4.35. The molecule has 3 aromatic rings. The Morgan fingerprint density at radius 2 is 2.04 bits per heavy atom. The van der Waals surface area contributed by atoms with Crippen LogP contribution in [0.3, 0.4) is 0 Å². The number of carbonyl (C=O) groups excluding carboxylic acids is 1. The van der Waals surface area contributed by atoms with Crippen LogP contribution in [0, 0.1) is 12.7 Å². The first-order chi connectivity index (χ1) is 13.0. The lowest BCUT2D eigenvalue weighted by Gasteiger charge is -2.15. The summed E-state index contributed by atoms with van der Waals surface area (Å²) in [5.74, 6) is 0.148. The number of benzene rings is 1. The number of nitrogens with one attached hydrogen (secondary N) is 1. The van der Waals surface area contributed by atoms with Gasteiger partial charge in [0.05, 0.1) is 0 Å². The van der Waals surface area contributed by atoms with Crippen LogP contribution in [0.15, 0.2) is 35.3 Å². The number of amides is 1. The van der Waals surface area contributed by atoms with Crippen LogP contribution >= 0.6 is 0 Å². The van der Waals surface area contributed by atoms with E-state index in [4.69, 9.17) is 0 Å². The number of nitrogens with zero attached hydrogens (tertiary/aromatic N) is 5. The largest absolute Gasteiger partial charge is 0.356 e. The smallest absolute Gasteiger partial charge is 0.352 e. The van der Waals surface area contributed by atoms with E-state index in [2.05, 4.69) is 20.3 Å². The summed E-state index contributed by atoms with van der Waals surface area (Å²) in [4.78, 5) is 31.2. The summed E-state index contributed by atoms with van der Waals surface area (Å²) in [6.07, 6.45) is 3.86. The molecule has 0 radical (unpaired) electrons. The monoisotopic (exact) mass is 370 g/mol. The zero-order valence-corrected chi connectivity index (χ0v) is 14.9. The maximum absolute atomic E-state index is 13.6. The minimum atomic E-state index is -0.469. The lowest BCUT2D eigenvalue weighted by Crippen LogP contribution is -2.28. The number of hydrogen-bond acceptors (Lipinski definition) is 5. The van der Waals surface area contributed by atoms with E-state index in [0.717, 1.165) is 36.4 Å². The second-order valence-corrected chi connectivity index (χ2v) is 6.60. The molecule has 1 amide bonds. The maximum Gasteiger partial charge on any atom is 0.352 e. The molecule has 1 saturated heterocycles. The summed E-state index contributed by atoms with van der Waals surface area (Å²) < 4.78 is 15.9. The molecule has 0 spiro atoms. The van der Waals surface area contributed by atoms with Crippen molar-refractivity contribution in [3.63, 3.8) is 0 Å². The van der Waals surface area contributed by atoms with E-state index in [1.165, 1.54) is 10.5 Å². The molecule has 1 aromatic carbocycles. The number of hydrogen-bond donors (Lipinski definition) is 1. The van der Waals surface area contributed by atoms with Crippen LogP contribution < -0.4 is 15.9 Å². The highest BCUT2D eigenvalue weighted by Crippen LogP contribution is 2.17. The fourth-order valence-electron chi connectivity index (χ4n) is 3.13. The number of carbonyl (C=O) groups is 1. The molecule has 0 aliphatic carbocycles. The maximum atomic E-state index is 13.6. The van der Waals surface area contributed by atoms with Gasteiger partial charge in [-0.05, 0) is 43.5 Å². The van der Waals surface area contributed by atoms with Crippen LogP contribution in [-0.4, -0.2) is 38.2 Å². The van der Waals surface area contributed by atoms with Crippen molar-refractivity contribution in [2.24, 2.45) is 0 Å². The van der Waals surface area contributed by atoms with Crippen molar-refractivity contribution in [2.75, 3.05) is 23.3 Å². The average Bonchev–Trinajstić information content (AvgIpc) is 3.27. The first kappa shape index (κ1) is 17.2. The van der Waals surface area contributed by atoms with Crippen molar-refractivity contribution in [3.8, 4) is 0 Å². The minimum absolute atomic E-state index is 0.249. The fraction of sp³-hybridized carbons (Fsp3) is 0.333. The van der Waals surface area contributed by atoms with Crippen molar-refractivity contribution < 1.29 is 9.18 Å². The molecule has 0 saturated carbocycles. The molecular formula is C18H19FN6O2. The molecule has 9 heteroatoms. The van der Waals surface area contributed by atoms with Crippen LogP contribution in [0.25, 0.3) is 5.78 Å². The Morgan fingerprint density at radius 1 is 1.26 bits per heavy atom. The molecule has 27 heavy (non-hydrogen) atoms. The molecule has 3 heterocycles. The van der Waals surface area contributed by atoms with Gasteiger partial charge < -0.3 is 10.2 Å². The van der Waals surface area contributed by atoms with E-state index in [9.17, 15) is 14.0 Å². The van der Waals surface area contributed by atoms with Gasteiger partial charge in [0.1, 0.15) is 18.2 Å². The second-order valence-electron chi connectivity index (χ2n) is 6.60. The third kappa shape index (κ3) is 3.40. The van der Waals surface area contributed by atoms with Crippen molar-refractivity contribution in [1.82, 2.24) is 19.2 Å². The van der Waals surface area contributed by atoms with Crippen LogP contribution in [0.2, 0.25) is 0 Å². The highest BCUT2D eigenvalue weighted by atomic mass is 19.1. The van der Waals surface area contributed by atoms with Gasteiger partial charge >= 0.3 is 5.69 Å². The van der Waals surface area contributed by atoms with E-state index in [1.807, 2.05) is 0 Å². The third-order valence-electron chi connectivity index (χ3n) is 4.62. The van der Waals surface area contributed by atoms with Gasteiger partial charge in [-0.2, -0.15) is 4.98 Å². The first-order valence-corrected chi connectivity index (χ1v) is 8.78. The third-order valence-corrected chi connectivity index (χ3v) is 4.62. The quantitative estimate of drug-likeness (QED) is 0.754. The van der Waals surface area contributed by atoms with E-state index >= 15 is 0 Å². The summed E-state index contributed by atoms with van der Waals surface area (Å²) in [6, 6.07) is 6.20. The lowest BCUT2D eigenvalue weighted by atomic mass is 10.2. The molecule has 0 atom stereocenters. The van der Waals surface area contributed by atoms with Gasteiger partial charge in [-0.25, -0.2) is 18.3 Å². The summed E-state index contributed by atoms with van der Waals surface area (Å²) in [5, 5.41) is 6.72. The first-order valence-electron chi connectivity index (χ1n) is 8.78. The average molecular weight is 370 g/mol. The number of anilines is 2. The molecule has 0 unspecified atom stereocenters. The molecule has 2 aromatic heterocycles. The van der Waals surface area contributed by atoms with Crippen LogP contribution in [0.5, 0.6) is 0 Å². The number of halogens is 1. The van der Waals surface area contributed by atoms with Crippen LogP contribution in [-0.2, 0) is 11.3 Å². The number of fused-ring (bicyclic) bond motifs is 1. The molecule has 0 bridgehead atoms. The van der Waals surface area contributed by atoms with E-state index < -0.39 is 17.4 Å². The van der Waals surface area contributed by atoms with Gasteiger partial charge in [-0.1, -0.05) is 6.07 Å². The summed E-state index contributed by atoms with van der Waals surface area (Å²) >= 11 is 0. The Balaban J connectivity index is 1.54. The standard InChI is InChI=1S/C18H19FN6O2/c1-12-4-5-13(10-14(12)19)20-16(26)11-25-18(27)24-9-6-15(21-17(24)22-25)23-7-2-3-8-23/h4-6,9-10H,2-3,7-8,11H2,1H3,(H,20,26). The summed E-state index contributed by atoms with van der Waals surface area (Å²) in [5.41, 5.74) is 0.370. The van der Waals surface area contributed by atoms with E-state index in [0.29, 0.717) is 11.3 Å². The van der Waals surface area contributed by atoms with Crippen molar-refractivity contribution in [1.29, 1.82) is 0 Å². The number of rotatable bonds is 4. The fourth-order valence-corrected chi connectivity index (χ4v) is 3.13. The number of aromatic nitrogens is 4. The van der Waals surface area contributed by atoms with Crippen LogP contribution in [0.1, 0.15) is 18.4 Å². The van der Waals surface area contributed by atoms with Gasteiger partial charge in [0.15, 0.2) is 0 Å². The molecule has 140 valence electrons. The molecule has 4 rings (SSSR count). The minimum Gasteiger partial charge on any atom is -0.356 e. The normalized spacial score (nSPS) is 14.1. The van der Waals surface area contributed by atoms with Crippen molar-refractivity contribution in [3.05, 3.63) is 52.3 Å². The van der Waals surface area contributed by atoms with Gasteiger partial charge in [0, 0.05) is 25.0 Å². The zero-order chi connectivity index (χ0) is 19.0.